The monoisotopic (exact) mass is 293 g/mol. The molecule has 1 aromatic rings. The summed E-state index contributed by atoms with van der Waals surface area (Å²) in [5.41, 5.74) is -0.591. The average molecular weight is 293 g/mol. The summed E-state index contributed by atoms with van der Waals surface area (Å²) in [6.07, 6.45) is 3.96. The molecule has 6 heteroatoms. The fourth-order valence-electron chi connectivity index (χ4n) is 2.63. The molecule has 1 amide bonds. The molecule has 1 fully saturated rings. The molecule has 1 aliphatic rings. The van der Waals surface area contributed by atoms with Gasteiger partial charge in [-0.15, -0.1) is 0 Å². The Morgan fingerprint density at radius 1 is 1.10 bits per heavy atom. The molecule has 2 heterocycles. The Balaban J connectivity index is 1.90. The third-order valence-electron chi connectivity index (χ3n) is 4.07. The maximum absolute atomic E-state index is 12.7. The van der Waals surface area contributed by atoms with Crippen LogP contribution < -0.4 is 0 Å². The maximum Gasteiger partial charge on any atom is 0.304 e. The van der Waals surface area contributed by atoms with E-state index in [2.05, 4.69) is 4.90 Å². The molecule has 116 valence electrons. The van der Waals surface area contributed by atoms with E-state index in [1.54, 1.807) is 0 Å². The number of piperazine rings is 1. The molecule has 0 unspecified atom stereocenters. The highest BCUT2D eigenvalue weighted by Gasteiger charge is 2.34. The summed E-state index contributed by atoms with van der Waals surface area (Å²) in [5.74, 6) is -0.668. The van der Waals surface area contributed by atoms with Crippen molar-refractivity contribution in [3.05, 3.63) is 24.5 Å². The van der Waals surface area contributed by atoms with Crippen molar-refractivity contribution in [1.82, 2.24) is 14.4 Å². The second kappa shape index (κ2) is 6.30. The van der Waals surface area contributed by atoms with Gasteiger partial charge in [-0.3, -0.25) is 14.5 Å². The smallest absolute Gasteiger partial charge is 0.304 e. The number of carbonyl (C=O) groups is 2. The first kappa shape index (κ1) is 15.6. The van der Waals surface area contributed by atoms with Crippen LogP contribution in [0.4, 0.5) is 0 Å². The van der Waals surface area contributed by atoms with Crippen LogP contribution in [0.1, 0.15) is 20.3 Å². The highest BCUT2D eigenvalue weighted by molar-refractivity contribution is 5.83. The van der Waals surface area contributed by atoms with Crippen molar-refractivity contribution < 1.29 is 14.7 Å². The largest absolute Gasteiger partial charge is 0.481 e. The van der Waals surface area contributed by atoms with Crippen LogP contribution in [0.25, 0.3) is 0 Å². The van der Waals surface area contributed by atoms with Crippen molar-refractivity contribution in [1.29, 1.82) is 0 Å². The number of rotatable bonds is 5. The van der Waals surface area contributed by atoms with Crippen LogP contribution >= 0.6 is 0 Å². The van der Waals surface area contributed by atoms with Gasteiger partial charge in [-0.1, -0.05) is 0 Å². The summed E-state index contributed by atoms with van der Waals surface area (Å²) in [4.78, 5) is 27.2. The standard InChI is InChI=1S/C15H23N3O3/c1-15(2,18-6-3-4-7-18)14(21)17-11-9-16(10-12-17)8-5-13(19)20/h3-4,6-7H,5,8-12H2,1-2H3,(H,19,20). The molecular formula is C15H23N3O3. The lowest BCUT2D eigenvalue weighted by atomic mass is 10.0. The van der Waals surface area contributed by atoms with Crippen molar-refractivity contribution in [2.45, 2.75) is 25.8 Å². The van der Waals surface area contributed by atoms with E-state index in [0.717, 1.165) is 13.1 Å². The molecule has 1 aromatic heterocycles. The molecule has 6 nitrogen and oxygen atoms in total. The van der Waals surface area contributed by atoms with Crippen molar-refractivity contribution in [2.24, 2.45) is 0 Å². The fraction of sp³-hybridized carbons (Fsp3) is 0.600. The van der Waals surface area contributed by atoms with E-state index in [4.69, 9.17) is 5.11 Å². The maximum atomic E-state index is 12.7. The molecule has 0 radical (unpaired) electrons. The zero-order valence-corrected chi connectivity index (χ0v) is 12.7. The van der Waals surface area contributed by atoms with Gasteiger partial charge in [0.25, 0.3) is 0 Å². The normalized spacial score (nSPS) is 17.0. The van der Waals surface area contributed by atoms with Gasteiger partial charge in [0.2, 0.25) is 5.91 Å². The van der Waals surface area contributed by atoms with Gasteiger partial charge in [0, 0.05) is 45.1 Å². The van der Waals surface area contributed by atoms with Crippen LogP contribution in [0.3, 0.4) is 0 Å². The van der Waals surface area contributed by atoms with Crippen molar-refractivity contribution in [3.8, 4) is 0 Å². The lowest BCUT2D eigenvalue weighted by Gasteiger charge is -2.39. The molecule has 0 atom stereocenters. The van der Waals surface area contributed by atoms with Crippen molar-refractivity contribution in [2.75, 3.05) is 32.7 Å². The van der Waals surface area contributed by atoms with Gasteiger partial charge in [0.15, 0.2) is 0 Å². The van der Waals surface area contributed by atoms with Crippen molar-refractivity contribution in [3.63, 3.8) is 0 Å². The lowest BCUT2D eigenvalue weighted by Crippen LogP contribution is -2.54. The Hall–Kier alpha value is -1.82. The van der Waals surface area contributed by atoms with E-state index in [9.17, 15) is 9.59 Å². The van der Waals surface area contributed by atoms with Gasteiger partial charge >= 0.3 is 5.97 Å². The minimum Gasteiger partial charge on any atom is -0.481 e. The first-order valence-corrected chi connectivity index (χ1v) is 7.28. The molecule has 0 aromatic carbocycles. The summed E-state index contributed by atoms with van der Waals surface area (Å²) >= 11 is 0. The molecule has 0 saturated carbocycles. The number of carboxylic acids is 1. The third-order valence-corrected chi connectivity index (χ3v) is 4.07. The van der Waals surface area contributed by atoms with E-state index in [0.29, 0.717) is 19.6 Å². The zero-order chi connectivity index (χ0) is 15.5. The highest BCUT2D eigenvalue weighted by Crippen LogP contribution is 2.20. The van der Waals surface area contributed by atoms with Crippen LogP contribution in [0, 0.1) is 0 Å². The van der Waals surface area contributed by atoms with Crippen LogP contribution in [0.5, 0.6) is 0 Å². The molecule has 1 saturated heterocycles. The number of carbonyl (C=O) groups excluding carboxylic acids is 1. The Bertz CT molecular complexity index is 488. The number of carboxylic acid groups (broad SMARTS) is 1. The number of aliphatic carboxylic acids is 1. The van der Waals surface area contributed by atoms with Crippen molar-refractivity contribution >= 4 is 11.9 Å². The Labute approximate surface area is 124 Å². The summed E-state index contributed by atoms with van der Waals surface area (Å²) < 4.78 is 1.92. The summed E-state index contributed by atoms with van der Waals surface area (Å²) in [6.45, 7) is 7.19. The molecule has 1 aliphatic heterocycles. The average Bonchev–Trinajstić information content (AvgIpc) is 2.99. The molecule has 1 N–H and O–H groups in total. The lowest BCUT2D eigenvalue weighted by molar-refractivity contribution is -0.142. The third kappa shape index (κ3) is 3.64. The van der Waals surface area contributed by atoms with E-state index in [1.807, 2.05) is 47.8 Å². The fourth-order valence-corrected chi connectivity index (χ4v) is 2.63. The summed E-state index contributed by atoms with van der Waals surface area (Å²) in [5, 5.41) is 8.70. The van der Waals surface area contributed by atoms with Gasteiger partial charge < -0.3 is 14.6 Å². The second-order valence-corrected chi connectivity index (χ2v) is 5.93. The summed E-state index contributed by atoms with van der Waals surface area (Å²) in [7, 11) is 0. The van der Waals surface area contributed by atoms with E-state index in [1.165, 1.54) is 0 Å². The Morgan fingerprint density at radius 2 is 1.67 bits per heavy atom. The van der Waals surface area contributed by atoms with Gasteiger partial charge in [-0.05, 0) is 26.0 Å². The van der Waals surface area contributed by atoms with Gasteiger partial charge in [0.1, 0.15) is 5.54 Å². The molecule has 2 rings (SSSR count). The Morgan fingerprint density at radius 3 is 2.19 bits per heavy atom. The molecular weight excluding hydrogens is 270 g/mol. The molecule has 0 bridgehead atoms. The topological polar surface area (TPSA) is 65.8 Å². The minimum absolute atomic E-state index is 0.108. The molecule has 21 heavy (non-hydrogen) atoms. The number of hydrogen-bond acceptors (Lipinski definition) is 3. The number of amides is 1. The number of nitrogens with zero attached hydrogens (tertiary/aromatic N) is 3. The predicted octanol–water partition coefficient (Wildman–Crippen LogP) is 0.842. The van der Waals surface area contributed by atoms with Crippen LogP contribution in [0.15, 0.2) is 24.5 Å². The highest BCUT2D eigenvalue weighted by atomic mass is 16.4. The Kier molecular flexibility index (Phi) is 4.67. The van der Waals surface area contributed by atoms with Gasteiger partial charge in [0.05, 0.1) is 6.42 Å². The van der Waals surface area contributed by atoms with E-state index < -0.39 is 11.5 Å². The summed E-state index contributed by atoms with van der Waals surface area (Å²) in [6, 6.07) is 3.83. The van der Waals surface area contributed by atoms with E-state index >= 15 is 0 Å². The van der Waals surface area contributed by atoms with Gasteiger partial charge in [-0.25, -0.2) is 0 Å². The number of hydrogen-bond donors (Lipinski definition) is 1. The predicted molar refractivity (Wildman–Crippen MR) is 79.0 cm³/mol. The van der Waals surface area contributed by atoms with Crippen LogP contribution in [0.2, 0.25) is 0 Å². The first-order chi connectivity index (χ1) is 9.91. The SMILES string of the molecule is CC(C)(C(=O)N1CCN(CCC(=O)O)CC1)n1cccc1. The van der Waals surface area contributed by atoms with Crippen LogP contribution in [-0.4, -0.2) is 64.1 Å². The van der Waals surface area contributed by atoms with Gasteiger partial charge in [-0.2, -0.15) is 0 Å². The number of aromatic nitrogens is 1. The zero-order valence-electron chi connectivity index (χ0n) is 12.7. The molecule has 0 aliphatic carbocycles. The quantitative estimate of drug-likeness (QED) is 0.874. The van der Waals surface area contributed by atoms with E-state index in [-0.39, 0.29) is 12.3 Å². The molecule has 0 spiro atoms. The van der Waals surface area contributed by atoms with Crippen LogP contribution in [-0.2, 0) is 15.1 Å². The second-order valence-electron chi connectivity index (χ2n) is 5.93. The minimum atomic E-state index is -0.776. The first-order valence-electron chi connectivity index (χ1n) is 7.28.